The van der Waals surface area contributed by atoms with Crippen molar-refractivity contribution in [3.63, 3.8) is 0 Å². The molecule has 2 aliphatic rings. The molecule has 0 spiro atoms. The molecule has 0 unspecified atom stereocenters. The van der Waals surface area contributed by atoms with Crippen LogP contribution in [-0.2, 0) is 19.1 Å². The summed E-state index contributed by atoms with van der Waals surface area (Å²) in [6.45, 7) is 10.3. The van der Waals surface area contributed by atoms with E-state index in [4.69, 9.17) is 4.74 Å². The Kier molecular flexibility index (Phi) is 5.65. The van der Waals surface area contributed by atoms with Crippen LogP contribution in [0.5, 0.6) is 0 Å². The van der Waals surface area contributed by atoms with Crippen molar-refractivity contribution in [2.45, 2.75) is 78.7 Å². The molecule has 1 saturated heterocycles. The quantitative estimate of drug-likeness (QED) is 0.561. The zero-order valence-corrected chi connectivity index (χ0v) is 16.6. The number of rotatable bonds is 5. The number of hydrogen-bond acceptors (Lipinski definition) is 4. The molecule has 1 saturated carbocycles. The van der Waals surface area contributed by atoms with Crippen molar-refractivity contribution in [1.82, 2.24) is 4.90 Å². The van der Waals surface area contributed by atoms with E-state index in [1.807, 2.05) is 20.8 Å². The molecule has 25 heavy (non-hydrogen) atoms. The fraction of sp³-hybridized carbons (Fsp3) is 0.850. The molecule has 0 aromatic rings. The summed E-state index contributed by atoms with van der Waals surface area (Å²) < 4.78 is 4.87. The third kappa shape index (κ3) is 4.06. The fourth-order valence-corrected chi connectivity index (χ4v) is 5.04. The van der Waals surface area contributed by atoms with E-state index < -0.39 is 5.54 Å². The van der Waals surface area contributed by atoms with Gasteiger partial charge in [-0.2, -0.15) is 0 Å². The zero-order valence-electron chi connectivity index (χ0n) is 16.6. The van der Waals surface area contributed by atoms with Gasteiger partial charge in [0.05, 0.1) is 13.0 Å². The van der Waals surface area contributed by atoms with E-state index in [0.717, 1.165) is 32.1 Å². The molecule has 0 N–H and O–H groups in total. The Hall–Kier alpha value is -1.39. The fourth-order valence-electron chi connectivity index (χ4n) is 5.04. The number of carbonyl (C=O) groups is 3. The molecule has 5 nitrogen and oxygen atoms in total. The SMILES string of the molecule is COC(=O)C1CCC(C(C)(C)CC(C)(C)N2C(=O)C[C@H](C)C2=O)CC1. The third-order valence-electron chi connectivity index (χ3n) is 6.23. The Labute approximate surface area is 151 Å². The van der Waals surface area contributed by atoms with Crippen LogP contribution in [0.3, 0.4) is 0 Å². The van der Waals surface area contributed by atoms with Gasteiger partial charge in [-0.05, 0) is 57.3 Å². The van der Waals surface area contributed by atoms with Gasteiger partial charge < -0.3 is 4.74 Å². The van der Waals surface area contributed by atoms with Gasteiger partial charge >= 0.3 is 5.97 Å². The van der Waals surface area contributed by atoms with Crippen LogP contribution < -0.4 is 0 Å². The van der Waals surface area contributed by atoms with Crippen LogP contribution in [0.15, 0.2) is 0 Å². The molecule has 2 fully saturated rings. The van der Waals surface area contributed by atoms with Gasteiger partial charge in [0.1, 0.15) is 0 Å². The van der Waals surface area contributed by atoms with E-state index in [9.17, 15) is 14.4 Å². The number of imide groups is 1. The second-order valence-electron chi connectivity index (χ2n) is 9.22. The van der Waals surface area contributed by atoms with E-state index in [2.05, 4.69) is 13.8 Å². The number of nitrogens with zero attached hydrogens (tertiary/aromatic N) is 1. The molecular weight excluding hydrogens is 318 g/mol. The van der Waals surface area contributed by atoms with Gasteiger partial charge in [-0.25, -0.2) is 0 Å². The van der Waals surface area contributed by atoms with Crippen molar-refractivity contribution in [2.24, 2.45) is 23.2 Å². The first-order valence-electron chi connectivity index (χ1n) is 9.44. The smallest absolute Gasteiger partial charge is 0.308 e. The van der Waals surface area contributed by atoms with Gasteiger partial charge in [0.25, 0.3) is 0 Å². The normalized spacial score (nSPS) is 28.4. The Morgan fingerprint density at radius 1 is 1.12 bits per heavy atom. The predicted octanol–water partition coefficient (Wildman–Crippen LogP) is 3.56. The van der Waals surface area contributed by atoms with Gasteiger partial charge in [-0.1, -0.05) is 20.8 Å². The molecule has 0 bridgehead atoms. The topological polar surface area (TPSA) is 63.7 Å². The number of hydrogen-bond donors (Lipinski definition) is 0. The number of amides is 2. The number of carbonyl (C=O) groups excluding carboxylic acids is 3. The molecule has 1 heterocycles. The molecule has 0 aromatic heterocycles. The minimum atomic E-state index is -0.484. The predicted molar refractivity (Wildman–Crippen MR) is 95.6 cm³/mol. The zero-order chi connectivity index (χ0) is 19.0. The molecule has 1 atom stereocenters. The lowest BCUT2D eigenvalue weighted by atomic mass is 9.64. The van der Waals surface area contributed by atoms with Gasteiger partial charge in [0, 0.05) is 17.9 Å². The van der Waals surface area contributed by atoms with Crippen LogP contribution in [0, 0.1) is 23.2 Å². The van der Waals surface area contributed by atoms with E-state index in [-0.39, 0.29) is 35.0 Å². The van der Waals surface area contributed by atoms with Gasteiger partial charge in [-0.15, -0.1) is 0 Å². The first-order chi connectivity index (χ1) is 11.5. The second-order valence-corrected chi connectivity index (χ2v) is 9.22. The molecule has 2 amide bonds. The lowest BCUT2D eigenvalue weighted by Crippen LogP contribution is -2.51. The van der Waals surface area contributed by atoms with Crippen LogP contribution in [0.4, 0.5) is 0 Å². The van der Waals surface area contributed by atoms with Gasteiger partial charge in [0.15, 0.2) is 0 Å². The van der Waals surface area contributed by atoms with Gasteiger partial charge in [0.2, 0.25) is 11.8 Å². The Morgan fingerprint density at radius 2 is 1.68 bits per heavy atom. The standard InChI is InChI=1S/C20H33NO4/c1-13-11-16(22)21(17(13)23)20(4,5)12-19(2,3)15-9-7-14(8-10-15)18(24)25-6/h13-15H,7-12H2,1-6H3/t13-,14?,15?/m0/s1. The Morgan fingerprint density at radius 3 is 2.12 bits per heavy atom. The summed E-state index contributed by atoms with van der Waals surface area (Å²) in [5.74, 6) is 0.114. The maximum atomic E-state index is 12.4. The number of esters is 1. The average molecular weight is 351 g/mol. The third-order valence-corrected chi connectivity index (χ3v) is 6.23. The van der Waals surface area contributed by atoms with Crippen molar-refractivity contribution < 1.29 is 19.1 Å². The summed E-state index contributed by atoms with van der Waals surface area (Å²) in [6, 6.07) is 0. The van der Waals surface area contributed by atoms with Crippen molar-refractivity contribution in [2.75, 3.05) is 7.11 Å². The summed E-state index contributed by atoms with van der Waals surface area (Å²) >= 11 is 0. The second kappa shape index (κ2) is 7.08. The summed E-state index contributed by atoms with van der Waals surface area (Å²) in [5, 5.41) is 0. The highest BCUT2D eigenvalue weighted by Gasteiger charge is 2.47. The molecule has 0 aromatic carbocycles. The summed E-state index contributed by atoms with van der Waals surface area (Å²) in [7, 11) is 1.45. The molecule has 142 valence electrons. The Balaban J connectivity index is 2.04. The lowest BCUT2D eigenvalue weighted by molar-refractivity contribution is -0.149. The van der Waals surface area contributed by atoms with Crippen LogP contribution in [-0.4, -0.2) is 35.3 Å². The van der Waals surface area contributed by atoms with E-state index >= 15 is 0 Å². The summed E-state index contributed by atoms with van der Waals surface area (Å²) in [6.07, 6.45) is 4.80. The first kappa shape index (κ1) is 19.9. The average Bonchev–Trinajstić information content (AvgIpc) is 2.78. The molecule has 1 aliphatic heterocycles. The van der Waals surface area contributed by atoms with Crippen molar-refractivity contribution in [3.8, 4) is 0 Å². The molecule has 0 radical (unpaired) electrons. The van der Waals surface area contributed by atoms with Crippen molar-refractivity contribution in [1.29, 1.82) is 0 Å². The molecule has 2 rings (SSSR count). The molecule has 5 heteroatoms. The van der Waals surface area contributed by atoms with Crippen LogP contribution >= 0.6 is 0 Å². The number of likely N-dealkylation sites (tertiary alicyclic amines) is 1. The van der Waals surface area contributed by atoms with E-state index in [1.165, 1.54) is 12.0 Å². The minimum Gasteiger partial charge on any atom is -0.469 e. The lowest BCUT2D eigenvalue weighted by Gasteiger charge is -2.45. The van der Waals surface area contributed by atoms with Crippen LogP contribution in [0.25, 0.3) is 0 Å². The van der Waals surface area contributed by atoms with Crippen LogP contribution in [0.1, 0.15) is 73.1 Å². The molecular formula is C20H33NO4. The van der Waals surface area contributed by atoms with Crippen LogP contribution in [0.2, 0.25) is 0 Å². The number of ether oxygens (including phenoxy) is 1. The summed E-state index contributed by atoms with van der Waals surface area (Å²) in [5.41, 5.74) is -0.487. The Bertz CT molecular complexity index is 544. The minimum absolute atomic E-state index is 0.00300. The van der Waals surface area contributed by atoms with Crippen molar-refractivity contribution in [3.05, 3.63) is 0 Å². The van der Waals surface area contributed by atoms with E-state index in [1.54, 1.807) is 0 Å². The molecule has 1 aliphatic carbocycles. The maximum absolute atomic E-state index is 12.4. The number of methoxy groups -OCH3 is 1. The summed E-state index contributed by atoms with van der Waals surface area (Å²) in [4.78, 5) is 38.0. The highest BCUT2D eigenvalue weighted by molar-refractivity contribution is 6.04. The highest BCUT2D eigenvalue weighted by atomic mass is 16.5. The van der Waals surface area contributed by atoms with Gasteiger partial charge in [-0.3, -0.25) is 19.3 Å². The van der Waals surface area contributed by atoms with Crippen molar-refractivity contribution >= 4 is 17.8 Å². The highest BCUT2D eigenvalue weighted by Crippen LogP contribution is 2.46. The van der Waals surface area contributed by atoms with E-state index in [0.29, 0.717) is 12.3 Å². The largest absolute Gasteiger partial charge is 0.469 e. The first-order valence-corrected chi connectivity index (χ1v) is 9.44. The maximum Gasteiger partial charge on any atom is 0.308 e. The monoisotopic (exact) mass is 351 g/mol.